The number of nitrogens with zero attached hydrogens (tertiary/aromatic N) is 4. The first-order valence-corrected chi connectivity index (χ1v) is 11.1. The van der Waals surface area contributed by atoms with Crippen LogP contribution in [0.4, 0.5) is 5.82 Å². The number of anilines is 1. The minimum absolute atomic E-state index is 0.0582. The Kier molecular flexibility index (Phi) is 5.63. The molecule has 2 aliphatic heterocycles. The number of ether oxygens (including phenoxy) is 2. The Morgan fingerprint density at radius 1 is 1.13 bits per heavy atom. The van der Waals surface area contributed by atoms with Crippen molar-refractivity contribution in [2.24, 2.45) is 5.92 Å². The molecule has 1 aliphatic carbocycles. The summed E-state index contributed by atoms with van der Waals surface area (Å²) in [6.45, 7) is 4.65. The van der Waals surface area contributed by atoms with Crippen LogP contribution in [0.1, 0.15) is 28.9 Å². The average molecular weight is 425 g/mol. The Morgan fingerprint density at radius 2 is 1.97 bits per heavy atom. The summed E-state index contributed by atoms with van der Waals surface area (Å²) < 4.78 is 13.3. The van der Waals surface area contributed by atoms with E-state index >= 15 is 0 Å². The van der Waals surface area contributed by atoms with Crippen molar-refractivity contribution in [2.75, 3.05) is 50.9 Å². The fourth-order valence-electron chi connectivity index (χ4n) is 4.28. The number of amides is 1. The summed E-state index contributed by atoms with van der Waals surface area (Å²) in [4.78, 5) is 34.9. The highest BCUT2D eigenvalue weighted by Crippen LogP contribution is 2.31. The van der Waals surface area contributed by atoms with Crippen LogP contribution in [-0.4, -0.2) is 66.4 Å². The zero-order chi connectivity index (χ0) is 21.2. The first-order chi connectivity index (χ1) is 15.2. The van der Waals surface area contributed by atoms with E-state index in [1.54, 1.807) is 10.8 Å². The molecule has 1 saturated carbocycles. The second kappa shape index (κ2) is 8.70. The molecule has 164 valence electrons. The third-order valence-corrected chi connectivity index (χ3v) is 6.25. The molecule has 1 saturated heterocycles. The molecule has 0 aromatic carbocycles. The first kappa shape index (κ1) is 20.1. The SMILES string of the molecule is O=C(c1c(OCC2CC2)cc(=O)n2c1CCOCC2)N1CCN(c2ccccn2)CC1. The van der Waals surface area contributed by atoms with E-state index in [1.807, 2.05) is 23.1 Å². The summed E-state index contributed by atoms with van der Waals surface area (Å²) >= 11 is 0. The number of hydrogen-bond acceptors (Lipinski definition) is 6. The molecular weight excluding hydrogens is 396 g/mol. The van der Waals surface area contributed by atoms with Crippen molar-refractivity contribution >= 4 is 11.7 Å². The minimum atomic E-state index is -0.122. The van der Waals surface area contributed by atoms with E-state index in [2.05, 4.69) is 9.88 Å². The van der Waals surface area contributed by atoms with Gasteiger partial charge in [-0.3, -0.25) is 9.59 Å². The fourth-order valence-corrected chi connectivity index (χ4v) is 4.28. The maximum Gasteiger partial charge on any atom is 0.259 e. The summed E-state index contributed by atoms with van der Waals surface area (Å²) in [7, 11) is 0. The summed E-state index contributed by atoms with van der Waals surface area (Å²) in [5.74, 6) is 1.84. The molecule has 0 N–H and O–H groups in total. The fraction of sp³-hybridized carbons (Fsp3) is 0.522. The van der Waals surface area contributed by atoms with E-state index in [0.717, 1.165) is 37.4 Å². The van der Waals surface area contributed by atoms with Crippen LogP contribution in [0.25, 0.3) is 0 Å². The van der Waals surface area contributed by atoms with Crippen LogP contribution in [0.3, 0.4) is 0 Å². The van der Waals surface area contributed by atoms with Gasteiger partial charge in [0.1, 0.15) is 17.1 Å². The Hall–Kier alpha value is -2.87. The van der Waals surface area contributed by atoms with Crippen LogP contribution in [0.5, 0.6) is 5.75 Å². The predicted octanol–water partition coefficient (Wildman–Crippen LogP) is 1.57. The number of pyridine rings is 2. The Balaban J connectivity index is 1.41. The van der Waals surface area contributed by atoms with Crippen molar-refractivity contribution < 1.29 is 14.3 Å². The molecule has 0 spiro atoms. The van der Waals surface area contributed by atoms with Gasteiger partial charge in [0.05, 0.1) is 19.8 Å². The minimum Gasteiger partial charge on any atom is -0.492 e. The van der Waals surface area contributed by atoms with Crippen LogP contribution in [-0.2, 0) is 17.7 Å². The maximum absolute atomic E-state index is 13.7. The Morgan fingerprint density at radius 3 is 2.71 bits per heavy atom. The smallest absolute Gasteiger partial charge is 0.259 e. The van der Waals surface area contributed by atoms with Crippen molar-refractivity contribution in [1.82, 2.24) is 14.5 Å². The summed E-state index contributed by atoms with van der Waals surface area (Å²) in [6, 6.07) is 7.36. The third-order valence-electron chi connectivity index (χ3n) is 6.25. The molecule has 1 amide bonds. The van der Waals surface area contributed by atoms with Gasteiger partial charge in [-0.25, -0.2) is 4.98 Å². The van der Waals surface area contributed by atoms with Crippen molar-refractivity contribution in [2.45, 2.75) is 25.8 Å². The molecule has 2 aromatic heterocycles. The number of carbonyl (C=O) groups is 1. The lowest BCUT2D eigenvalue weighted by molar-refractivity contribution is 0.0739. The average Bonchev–Trinajstić information content (AvgIpc) is 3.65. The van der Waals surface area contributed by atoms with Gasteiger partial charge in [0, 0.05) is 57.1 Å². The maximum atomic E-state index is 13.7. The van der Waals surface area contributed by atoms with Gasteiger partial charge in [0.25, 0.3) is 11.5 Å². The number of aromatic nitrogens is 2. The number of hydrogen-bond donors (Lipinski definition) is 0. The Labute approximate surface area is 181 Å². The second-order valence-corrected chi connectivity index (χ2v) is 8.40. The van der Waals surface area contributed by atoms with Crippen LogP contribution in [0.2, 0.25) is 0 Å². The summed E-state index contributed by atoms with van der Waals surface area (Å²) in [6.07, 6.45) is 4.62. The van der Waals surface area contributed by atoms with Gasteiger partial charge in [-0.15, -0.1) is 0 Å². The lowest BCUT2D eigenvalue weighted by Gasteiger charge is -2.36. The van der Waals surface area contributed by atoms with Crippen molar-refractivity contribution in [3.8, 4) is 5.75 Å². The summed E-state index contributed by atoms with van der Waals surface area (Å²) in [5, 5.41) is 0. The summed E-state index contributed by atoms with van der Waals surface area (Å²) in [5.41, 5.74) is 1.16. The van der Waals surface area contributed by atoms with Gasteiger partial charge in [-0.1, -0.05) is 6.07 Å². The molecule has 5 rings (SSSR count). The monoisotopic (exact) mass is 424 g/mol. The highest BCUT2D eigenvalue weighted by molar-refractivity contribution is 5.98. The molecule has 8 nitrogen and oxygen atoms in total. The number of carbonyl (C=O) groups excluding carboxylic acids is 1. The zero-order valence-electron chi connectivity index (χ0n) is 17.7. The lowest BCUT2D eigenvalue weighted by Crippen LogP contribution is -2.49. The number of fused-ring (bicyclic) bond motifs is 1. The predicted molar refractivity (Wildman–Crippen MR) is 116 cm³/mol. The van der Waals surface area contributed by atoms with Gasteiger partial charge in [0.2, 0.25) is 0 Å². The molecule has 0 bridgehead atoms. The normalized spacial score (nSPS) is 19.0. The van der Waals surface area contributed by atoms with Crippen molar-refractivity contribution in [1.29, 1.82) is 0 Å². The van der Waals surface area contributed by atoms with Crippen LogP contribution in [0.15, 0.2) is 35.3 Å². The van der Waals surface area contributed by atoms with Gasteiger partial charge in [-0.05, 0) is 30.9 Å². The molecule has 2 aromatic rings. The van der Waals surface area contributed by atoms with E-state index in [9.17, 15) is 9.59 Å². The number of piperazine rings is 1. The van der Waals surface area contributed by atoms with Crippen molar-refractivity contribution in [3.63, 3.8) is 0 Å². The highest BCUT2D eigenvalue weighted by atomic mass is 16.5. The molecular formula is C23H28N4O4. The molecule has 0 radical (unpaired) electrons. The molecule has 8 heteroatoms. The van der Waals surface area contributed by atoms with Gasteiger partial charge in [0.15, 0.2) is 0 Å². The topological polar surface area (TPSA) is 76.9 Å². The number of rotatable bonds is 5. The molecule has 0 unspecified atom stereocenters. The van der Waals surface area contributed by atoms with E-state index in [0.29, 0.717) is 63.1 Å². The largest absolute Gasteiger partial charge is 0.492 e. The molecule has 31 heavy (non-hydrogen) atoms. The first-order valence-electron chi connectivity index (χ1n) is 11.1. The lowest BCUT2D eigenvalue weighted by atomic mass is 10.1. The molecule has 2 fully saturated rings. The third kappa shape index (κ3) is 4.30. The Bertz CT molecular complexity index is 995. The highest BCUT2D eigenvalue weighted by Gasteiger charge is 2.31. The van der Waals surface area contributed by atoms with Crippen LogP contribution >= 0.6 is 0 Å². The quantitative estimate of drug-likeness (QED) is 0.725. The van der Waals surface area contributed by atoms with Gasteiger partial charge in [-0.2, -0.15) is 0 Å². The van der Waals surface area contributed by atoms with Crippen LogP contribution < -0.4 is 15.2 Å². The van der Waals surface area contributed by atoms with Crippen molar-refractivity contribution in [3.05, 3.63) is 52.1 Å². The van der Waals surface area contributed by atoms with Gasteiger partial charge >= 0.3 is 0 Å². The molecule has 3 aliphatic rings. The van der Waals surface area contributed by atoms with E-state index in [1.165, 1.54) is 6.07 Å². The molecule has 0 atom stereocenters. The van der Waals surface area contributed by atoms with E-state index in [4.69, 9.17) is 9.47 Å². The molecule has 4 heterocycles. The standard InChI is InChI=1S/C23H28N4O4/c28-21-15-19(31-16-17-4-5-17)22(18-6-13-30-14-12-27(18)21)23(29)26-10-8-25(9-11-26)20-3-1-2-7-24-20/h1-3,7,15,17H,4-6,8-14,16H2. The second-order valence-electron chi connectivity index (χ2n) is 8.40. The van der Waals surface area contributed by atoms with E-state index < -0.39 is 0 Å². The van der Waals surface area contributed by atoms with E-state index in [-0.39, 0.29) is 11.5 Å². The van der Waals surface area contributed by atoms with Crippen LogP contribution in [0, 0.1) is 5.92 Å². The van der Waals surface area contributed by atoms with Gasteiger partial charge < -0.3 is 23.8 Å². The zero-order valence-corrected chi connectivity index (χ0v) is 17.7.